The van der Waals surface area contributed by atoms with Gasteiger partial charge in [0.2, 0.25) is 0 Å². The molecule has 4 heteroatoms. The molecule has 2 aliphatic heterocycles. The number of hydrogen-bond donors (Lipinski definition) is 3. The second kappa shape index (κ2) is 6.15. The molecule has 86 valence electrons. The Bertz CT molecular complexity index is 336. The van der Waals surface area contributed by atoms with Gasteiger partial charge >= 0.3 is 0 Å². The summed E-state index contributed by atoms with van der Waals surface area (Å²) in [5, 5.41) is 6.44. The van der Waals surface area contributed by atoms with Crippen molar-refractivity contribution in [1.82, 2.24) is 16.1 Å². The minimum absolute atomic E-state index is 0.880. The molecule has 1 fully saturated rings. The molecule has 3 rings (SSSR count). The molecule has 0 unspecified atom stereocenters. The first kappa shape index (κ1) is 11.0. The second-order valence-electron chi connectivity index (χ2n) is 3.59. The third-order valence-electron chi connectivity index (χ3n) is 2.38. The molecular weight excluding hydrogens is 202 g/mol. The predicted octanol–water partition coefficient (Wildman–Crippen LogP) is 0.733. The van der Waals surface area contributed by atoms with E-state index < -0.39 is 0 Å². The lowest BCUT2D eigenvalue weighted by Gasteiger charge is -2.11. The van der Waals surface area contributed by atoms with E-state index in [1.165, 1.54) is 0 Å². The van der Waals surface area contributed by atoms with Crippen LogP contribution < -0.4 is 21.0 Å². The summed E-state index contributed by atoms with van der Waals surface area (Å²) in [6.45, 7) is 4.56. The first-order valence-corrected chi connectivity index (χ1v) is 5.56. The Balaban J connectivity index is 0.000000138. The van der Waals surface area contributed by atoms with E-state index in [1.807, 2.05) is 30.3 Å². The van der Waals surface area contributed by atoms with Crippen molar-refractivity contribution < 1.29 is 4.84 Å². The van der Waals surface area contributed by atoms with Gasteiger partial charge in [-0.2, -0.15) is 0 Å². The Morgan fingerprint density at radius 1 is 0.938 bits per heavy atom. The van der Waals surface area contributed by atoms with Crippen molar-refractivity contribution in [3.63, 3.8) is 0 Å². The highest BCUT2D eigenvalue weighted by molar-refractivity contribution is 5.57. The zero-order valence-corrected chi connectivity index (χ0v) is 9.20. The maximum absolute atomic E-state index is 5.09. The highest BCUT2D eigenvalue weighted by Gasteiger charge is 2.01. The molecule has 2 heterocycles. The van der Waals surface area contributed by atoms with Gasteiger partial charge in [-0.05, 0) is 12.1 Å². The molecule has 0 amide bonds. The Hall–Kier alpha value is -1.52. The van der Waals surface area contributed by atoms with Crippen molar-refractivity contribution in [3.8, 4) is 5.75 Å². The first-order valence-electron chi connectivity index (χ1n) is 5.56. The van der Waals surface area contributed by atoms with Crippen LogP contribution in [0.3, 0.4) is 0 Å². The number of nitrogens with one attached hydrogen (secondary N) is 3. The van der Waals surface area contributed by atoms with Crippen LogP contribution in [0.25, 0.3) is 6.08 Å². The van der Waals surface area contributed by atoms with Crippen LogP contribution in [0.4, 0.5) is 0 Å². The van der Waals surface area contributed by atoms with E-state index >= 15 is 0 Å². The zero-order valence-electron chi connectivity index (χ0n) is 9.20. The summed E-state index contributed by atoms with van der Waals surface area (Å²) in [4.78, 5) is 5.09. The Kier molecular flexibility index (Phi) is 4.22. The Morgan fingerprint density at radius 3 is 2.25 bits per heavy atom. The molecule has 16 heavy (non-hydrogen) atoms. The number of hydrogen-bond acceptors (Lipinski definition) is 4. The van der Waals surface area contributed by atoms with Crippen LogP contribution in [-0.2, 0) is 0 Å². The average Bonchev–Trinajstić information content (AvgIpc) is 2.42. The minimum atomic E-state index is 0.880. The van der Waals surface area contributed by atoms with Gasteiger partial charge in [-0.25, -0.2) is 5.48 Å². The fourth-order valence-electron chi connectivity index (χ4n) is 1.54. The lowest BCUT2D eigenvalue weighted by Crippen LogP contribution is -2.39. The largest absolute Gasteiger partial charge is 0.382 e. The van der Waals surface area contributed by atoms with Crippen LogP contribution in [0, 0.1) is 0 Å². The van der Waals surface area contributed by atoms with Gasteiger partial charge in [0.05, 0.1) is 0 Å². The van der Waals surface area contributed by atoms with Crippen molar-refractivity contribution in [2.75, 3.05) is 26.2 Å². The van der Waals surface area contributed by atoms with Crippen molar-refractivity contribution >= 4 is 6.08 Å². The maximum atomic E-state index is 5.09. The lowest BCUT2D eigenvalue weighted by atomic mass is 10.2. The second-order valence-corrected chi connectivity index (χ2v) is 3.59. The van der Waals surface area contributed by atoms with E-state index in [9.17, 15) is 0 Å². The van der Waals surface area contributed by atoms with Gasteiger partial charge in [0.15, 0.2) is 5.75 Å². The molecule has 0 aromatic heterocycles. The molecule has 0 bridgehead atoms. The lowest BCUT2D eigenvalue weighted by molar-refractivity contribution is 0.239. The number of hydroxylamine groups is 1. The number of fused-ring (bicyclic) bond motifs is 1. The van der Waals surface area contributed by atoms with E-state index in [1.54, 1.807) is 6.20 Å². The number of benzene rings is 1. The van der Waals surface area contributed by atoms with E-state index in [-0.39, 0.29) is 0 Å². The van der Waals surface area contributed by atoms with Crippen LogP contribution in [0.2, 0.25) is 0 Å². The predicted molar refractivity (Wildman–Crippen MR) is 65.0 cm³/mol. The molecule has 0 saturated carbocycles. The van der Waals surface area contributed by atoms with E-state index in [4.69, 9.17) is 4.84 Å². The summed E-state index contributed by atoms with van der Waals surface area (Å²) >= 11 is 0. The maximum Gasteiger partial charge on any atom is 0.162 e. The summed E-state index contributed by atoms with van der Waals surface area (Å²) < 4.78 is 0. The van der Waals surface area contributed by atoms with Gasteiger partial charge in [-0.3, -0.25) is 0 Å². The topological polar surface area (TPSA) is 45.3 Å². The molecule has 1 aromatic rings. The quantitative estimate of drug-likeness (QED) is 0.602. The molecule has 1 saturated heterocycles. The SMILES string of the molecule is C1=Cc2ccccc2ON1.C1CNCCN1. The van der Waals surface area contributed by atoms with Crippen LogP contribution in [0.15, 0.2) is 30.5 Å². The molecule has 0 radical (unpaired) electrons. The van der Waals surface area contributed by atoms with E-state index in [2.05, 4.69) is 16.1 Å². The molecule has 0 aliphatic carbocycles. The third kappa shape index (κ3) is 3.25. The smallest absolute Gasteiger partial charge is 0.162 e. The van der Waals surface area contributed by atoms with Crippen LogP contribution in [0.1, 0.15) is 5.56 Å². The normalized spacial score (nSPS) is 17.2. The van der Waals surface area contributed by atoms with Gasteiger partial charge in [0.1, 0.15) is 0 Å². The molecule has 2 aliphatic rings. The summed E-state index contributed by atoms with van der Waals surface area (Å²) in [6.07, 6.45) is 3.74. The summed E-state index contributed by atoms with van der Waals surface area (Å²) in [6, 6.07) is 7.86. The molecule has 0 atom stereocenters. The molecule has 3 N–H and O–H groups in total. The van der Waals surface area contributed by atoms with Crippen molar-refractivity contribution in [3.05, 3.63) is 36.0 Å². The van der Waals surface area contributed by atoms with E-state index in [0.29, 0.717) is 0 Å². The highest BCUT2D eigenvalue weighted by Crippen LogP contribution is 2.20. The third-order valence-corrected chi connectivity index (χ3v) is 2.38. The van der Waals surface area contributed by atoms with Crippen molar-refractivity contribution in [2.45, 2.75) is 0 Å². The van der Waals surface area contributed by atoms with Gasteiger partial charge in [-0.15, -0.1) is 0 Å². The van der Waals surface area contributed by atoms with Gasteiger partial charge in [0.25, 0.3) is 0 Å². The van der Waals surface area contributed by atoms with Gasteiger partial charge in [0, 0.05) is 37.9 Å². The zero-order chi connectivity index (χ0) is 11.1. The highest BCUT2D eigenvalue weighted by atomic mass is 16.6. The number of para-hydroxylation sites is 1. The minimum Gasteiger partial charge on any atom is -0.382 e. The fraction of sp³-hybridized carbons (Fsp3) is 0.333. The van der Waals surface area contributed by atoms with Crippen molar-refractivity contribution in [1.29, 1.82) is 0 Å². The Labute approximate surface area is 95.6 Å². The molecule has 4 nitrogen and oxygen atoms in total. The average molecular weight is 219 g/mol. The Morgan fingerprint density at radius 2 is 1.62 bits per heavy atom. The summed E-state index contributed by atoms with van der Waals surface area (Å²) in [5.74, 6) is 0.880. The molecule has 0 spiro atoms. The first-order chi connectivity index (χ1) is 7.97. The van der Waals surface area contributed by atoms with Gasteiger partial charge in [-0.1, -0.05) is 18.2 Å². The number of piperazine rings is 1. The van der Waals surface area contributed by atoms with Crippen LogP contribution in [-0.4, -0.2) is 26.2 Å². The van der Waals surface area contributed by atoms with Crippen LogP contribution in [0.5, 0.6) is 5.75 Å². The van der Waals surface area contributed by atoms with Crippen molar-refractivity contribution in [2.24, 2.45) is 0 Å². The standard InChI is InChI=1S/C8H7NO.C4H10N2/c1-2-4-8-7(3-1)5-6-9-10-8;1-2-6-4-3-5-1/h1-6,9H;5-6H,1-4H2. The fourth-order valence-corrected chi connectivity index (χ4v) is 1.54. The van der Waals surface area contributed by atoms with Gasteiger partial charge < -0.3 is 15.5 Å². The molecule has 1 aromatic carbocycles. The monoisotopic (exact) mass is 219 g/mol. The summed E-state index contributed by atoms with van der Waals surface area (Å²) in [5.41, 5.74) is 3.77. The number of rotatable bonds is 0. The summed E-state index contributed by atoms with van der Waals surface area (Å²) in [7, 11) is 0. The van der Waals surface area contributed by atoms with E-state index in [0.717, 1.165) is 37.5 Å². The molecular formula is C12H17N3O. The van der Waals surface area contributed by atoms with Crippen LogP contribution >= 0.6 is 0 Å².